The molecule has 1 saturated heterocycles. The van der Waals surface area contributed by atoms with Crippen LogP contribution in [-0.2, 0) is 13.6 Å². The van der Waals surface area contributed by atoms with Gasteiger partial charge >= 0.3 is 0 Å². The highest BCUT2D eigenvalue weighted by molar-refractivity contribution is 5.79. The van der Waals surface area contributed by atoms with E-state index in [0.717, 1.165) is 25.0 Å². The molecule has 0 aromatic carbocycles. The first-order valence-corrected chi connectivity index (χ1v) is 8.38. The lowest BCUT2D eigenvalue weighted by Gasteiger charge is -2.24. The maximum absolute atomic E-state index is 4.42. The summed E-state index contributed by atoms with van der Waals surface area (Å²) in [5.41, 5.74) is 1.29. The van der Waals surface area contributed by atoms with Gasteiger partial charge in [-0.2, -0.15) is 0 Å². The van der Waals surface area contributed by atoms with Gasteiger partial charge in [0.05, 0.1) is 6.54 Å². The summed E-state index contributed by atoms with van der Waals surface area (Å²) in [6, 6.07) is 4.24. The zero-order valence-corrected chi connectivity index (χ0v) is 14.5. The molecule has 124 valence electrons. The average Bonchev–Trinajstić information content (AvgIpc) is 3.10. The van der Waals surface area contributed by atoms with Crippen LogP contribution in [0, 0.1) is 5.92 Å². The Kier molecular flexibility index (Phi) is 6.31. The number of aliphatic imine (C=N–C) groups is 1. The van der Waals surface area contributed by atoms with Gasteiger partial charge in [0.25, 0.3) is 0 Å². The van der Waals surface area contributed by atoms with Gasteiger partial charge in [-0.1, -0.05) is 6.92 Å². The molecule has 5 heteroatoms. The van der Waals surface area contributed by atoms with Crippen molar-refractivity contribution in [3.8, 4) is 0 Å². The smallest absolute Gasteiger partial charge is 0.193 e. The second-order valence-corrected chi connectivity index (χ2v) is 6.35. The Morgan fingerprint density at radius 3 is 2.95 bits per heavy atom. The number of guanidine groups is 1. The molecule has 1 aromatic rings. The van der Waals surface area contributed by atoms with Gasteiger partial charge in [0.1, 0.15) is 0 Å². The molecule has 1 aromatic heterocycles. The van der Waals surface area contributed by atoms with Crippen LogP contribution in [0.3, 0.4) is 0 Å². The predicted octanol–water partition coefficient (Wildman–Crippen LogP) is 1.76. The molecule has 2 heterocycles. The number of rotatable bonds is 6. The molecule has 1 fully saturated rings. The number of hydrogen-bond donors (Lipinski definition) is 1. The van der Waals surface area contributed by atoms with Gasteiger partial charge in [-0.25, -0.2) is 0 Å². The third kappa shape index (κ3) is 4.50. The van der Waals surface area contributed by atoms with Gasteiger partial charge in [0.15, 0.2) is 5.96 Å². The summed E-state index contributed by atoms with van der Waals surface area (Å²) in [5, 5.41) is 3.55. The van der Waals surface area contributed by atoms with Crippen molar-refractivity contribution in [2.75, 3.05) is 40.3 Å². The van der Waals surface area contributed by atoms with Gasteiger partial charge in [-0.05, 0) is 44.0 Å². The SMILES string of the molecule is CCCN1CCC(CNC(=NC)N(C)Cc2cccn2C)C1. The molecule has 1 unspecified atom stereocenters. The molecule has 0 amide bonds. The standard InChI is InChI=1S/C17H31N5/c1-5-9-22-11-8-15(13-22)12-19-17(18-2)21(4)14-16-7-6-10-20(16)3/h6-7,10,15H,5,8-9,11-14H2,1-4H3,(H,18,19). The Morgan fingerprint density at radius 2 is 2.32 bits per heavy atom. The maximum atomic E-state index is 4.42. The van der Waals surface area contributed by atoms with Crippen LogP contribution in [0.2, 0.25) is 0 Å². The van der Waals surface area contributed by atoms with E-state index < -0.39 is 0 Å². The van der Waals surface area contributed by atoms with E-state index in [1.54, 1.807) is 0 Å². The van der Waals surface area contributed by atoms with E-state index in [1.807, 2.05) is 7.05 Å². The van der Waals surface area contributed by atoms with Gasteiger partial charge in [0, 0.05) is 46.1 Å². The molecule has 1 N–H and O–H groups in total. The fourth-order valence-electron chi connectivity index (χ4n) is 3.20. The Balaban J connectivity index is 1.79. The van der Waals surface area contributed by atoms with Gasteiger partial charge in [0.2, 0.25) is 0 Å². The van der Waals surface area contributed by atoms with Crippen molar-refractivity contribution in [2.45, 2.75) is 26.3 Å². The van der Waals surface area contributed by atoms with Crippen molar-refractivity contribution in [3.63, 3.8) is 0 Å². The third-order valence-electron chi connectivity index (χ3n) is 4.48. The van der Waals surface area contributed by atoms with Crippen LogP contribution in [0.5, 0.6) is 0 Å². The lowest BCUT2D eigenvalue weighted by atomic mass is 10.1. The Morgan fingerprint density at radius 1 is 1.50 bits per heavy atom. The second kappa shape index (κ2) is 8.22. The average molecular weight is 305 g/mol. The first kappa shape index (κ1) is 16.9. The van der Waals surface area contributed by atoms with Gasteiger partial charge in [-0.3, -0.25) is 4.99 Å². The molecule has 0 spiro atoms. The highest BCUT2D eigenvalue weighted by atomic mass is 15.3. The minimum Gasteiger partial charge on any atom is -0.356 e. The normalized spacial score (nSPS) is 19.6. The molecule has 1 atom stereocenters. The summed E-state index contributed by atoms with van der Waals surface area (Å²) >= 11 is 0. The van der Waals surface area contributed by atoms with E-state index in [-0.39, 0.29) is 0 Å². The molecule has 0 saturated carbocycles. The molecule has 0 aliphatic carbocycles. The van der Waals surface area contributed by atoms with Crippen LogP contribution >= 0.6 is 0 Å². The largest absolute Gasteiger partial charge is 0.356 e. The quantitative estimate of drug-likeness (QED) is 0.643. The van der Waals surface area contributed by atoms with Crippen LogP contribution in [0.4, 0.5) is 0 Å². The van der Waals surface area contributed by atoms with Crippen LogP contribution < -0.4 is 5.32 Å². The Bertz CT molecular complexity index is 479. The minimum absolute atomic E-state index is 0.742. The lowest BCUT2D eigenvalue weighted by molar-refractivity contribution is 0.324. The summed E-state index contributed by atoms with van der Waals surface area (Å²) in [7, 11) is 6.04. The monoisotopic (exact) mass is 305 g/mol. The van der Waals surface area contributed by atoms with Crippen molar-refractivity contribution in [1.82, 2.24) is 19.7 Å². The molecule has 0 radical (unpaired) electrons. The number of aromatic nitrogens is 1. The van der Waals surface area contributed by atoms with E-state index in [0.29, 0.717) is 0 Å². The van der Waals surface area contributed by atoms with E-state index in [2.05, 4.69) is 64.0 Å². The van der Waals surface area contributed by atoms with Crippen molar-refractivity contribution >= 4 is 5.96 Å². The summed E-state index contributed by atoms with van der Waals surface area (Å²) in [4.78, 5) is 9.18. The summed E-state index contributed by atoms with van der Waals surface area (Å²) in [6.45, 7) is 7.85. The zero-order valence-electron chi connectivity index (χ0n) is 14.5. The predicted molar refractivity (Wildman–Crippen MR) is 93.1 cm³/mol. The minimum atomic E-state index is 0.742. The Hall–Kier alpha value is -1.49. The summed E-state index contributed by atoms with van der Waals surface area (Å²) in [6.07, 6.45) is 4.63. The fourth-order valence-corrected chi connectivity index (χ4v) is 3.20. The third-order valence-corrected chi connectivity index (χ3v) is 4.48. The van der Waals surface area contributed by atoms with Crippen molar-refractivity contribution < 1.29 is 0 Å². The first-order chi connectivity index (χ1) is 10.6. The van der Waals surface area contributed by atoms with Crippen LogP contribution in [0.25, 0.3) is 0 Å². The zero-order chi connectivity index (χ0) is 15.9. The van der Waals surface area contributed by atoms with E-state index in [9.17, 15) is 0 Å². The molecule has 1 aliphatic heterocycles. The first-order valence-electron chi connectivity index (χ1n) is 8.38. The van der Waals surface area contributed by atoms with Crippen LogP contribution in [-0.4, -0.2) is 60.6 Å². The van der Waals surface area contributed by atoms with Crippen molar-refractivity contribution in [2.24, 2.45) is 18.0 Å². The highest BCUT2D eigenvalue weighted by Crippen LogP contribution is 2.15. The van der Waals surface area contributed by atoms with E-state index in [4.69, 9.17) is 0 Å². The van der Waals surface area contributed by atoms with E-state index >= 15 is 0 Å². The topological polar surface area (TPSA) is 35.8 Å². The second-order valence-electron chi connectivity index (χ2n) is 6.35. The fraction of sp³-hybridized carbons (Fsp3) is 0.706. The molecular weight excluding hydrogens is 274 g/mol. The molecule has 22 heavy (non-hydrogen) atoms. The number of likely N-dealkylation sites (tertiary alicyclic amines) is 1. The number of nitrogens with one attached hydrogen (secondary N) is 1. The summed E-state index contributed by atoms with van der Waals surface area (Å²) < 4.78 is 2.16. The number of nitrogens with zero attached hydrogens (tertiary/aromatic N) is 4. The molecular formula is C17H31N5. The number of hydrogen-bond acceptors (Lipinski definition) is 2. The van der Waals surface area contributed by atoms with Crippen LogP contribution in [0.15, 0.2) is 23.3 Å². The number of aryl methyl sites for hydroxylation is 1. The molecule has 2 rings (SSSR count). The maximum Gasteiger partial charge on any atom is 0.193 e. The Labute approximate surface area is 135 Å². The highest BCUT2D eigenvalue weighted by Gasteiger charge is 2.22. The van der Waals surface area contributed by atoms with E-state index in [1.165, 1.54) is 38.2 Å². The van der Waals surface area contributed by atoms with Crippen LogP contribution in [0.1, 0.15) is 25.5 Å². The van der Waals surface area contributed by atoms with Crippen molar-refractivity contribution in [3.05, 3.63) is 24.0 Å². The molecule has 1 aliphatic rings. The molecule has 0 bridgehead atoms. The lowest BCUT2D eigenvalue weighted by Crippen LogP contribution is -2.41. The van der Waals surface area contributed by atoms with Gasteiger partial charge in [-0.15, -0.1) is 0 Å². The van der Waals surface area contributed by atoms with Gasteiger partial charge < -0.3 is 19.7 Å². The van der Waals surface area contributed by atoms with Crippen molar-refractivity contribution in [1.29, 1.82) is 0 Å². The summed E-state index contributed by atoms with van der Waals surface area (Å²) in [5.74, 6) is 1.72. The molecule has 5 nitrogen and oxygen atoms in total.